The fourth-order valence-electron chi connectivity index (χ4n) is 4.53. The van der Waals surface area contributed by atoms with Gasteiger partial charge in [0.15, 0.2) is 0 Å². The van der Waals surface area contributed by atoms with Crippen molar-refractivity contribution < 1.29 is 35.6 Å². The third-order valence-electron chi connectivity index (χ3n) is 6.25. The number of fused-ring (bicyclic) bond motifs is 4. The van der Waals surface area contributed by atoms with Crippen LogP contribution in [0.2, 0.25) is 0 Å². The third kappa shape index (κ3) is 3.69. The van der Waals surface area contributed by atoms with Crippen molar-refractivity contribution in [2.24, 2.45) is 0 Å². The van der Waals surface area contributed by atoms with E-state index in [0.717, 1.165) is 0 Å². The molecule has 0 nitrogen and oxygen atoms in total. The molecule has 0 fully saturated rings. The Hall–Kier alpha value is -5.20. The predicted octanol–water partition coefficient (Wildman–Crippen LogP) is 11.3. The lowest BCUT2D eigenvalue weighted by Crippen LogP contribution is -1.92. The van der Waals surface area contributed by atoms with E-state index in [1.165, 1.54) is 0 Å². The lowest BCUT2D eigenvalue weighted by Gasteiger charge is -2.19. The van der Waals surface area contributed by atoms with Crippen molar-refractivity contribution in [1.29, 1.82) is 0 Å². The Balaban J connectivity index is 1.83. The fraction of sp³-hybridized carbons (Fsp3) is 0. The van der Waals surface area contributed by atoms with Crippen LogP contribution < -0.4 is 0 Å². The molecule has 0 saturated heterocycles. The summed E-state index contributed by atoms with van der Waals surface area (Å²) in [5.41, 5.74) is -4.81. The van der Waals surface area contributed by atoms with E-state index in [9.17, 15) is 12.3 Å². The summed E-state index contributed by atoms with van der Waals surface area (Å²) in [7, 11) is 0. The van der Waals surface area contributed by atoms with E-state index in [1.807, 2.05) is 0 Å². The smallest absolute Gasteiger partial charge is 0.0622 e. The van der Waals surface area contributed by atoms with Crippen LogP contribution in [0.1, 0.15) is 35.6 Å². The van der Waals surface area contributed by atoms with Crippen LogP contribution in [-0.2, 0) is 0 Å². The van der Waals surface area contributed by atoms with Gasteiger partial charge in [-0.3, -0.25) is 0 Å². The summed E-state index contributed by atoms with van der Waals surface area (Å²) in [6.45, 7) is 0. The van der Waals surface area contributed by atoms with Crippen molar-refractivity contribution >= 4 is 43.1 Å². The second-order valence-corrected chi connectivity index (χ2v) is 8.50. The van der Waals surface area contributed by atoms with Crippen LogP contribution in [0, 0.1) is 0 Å². The number of hydrogen-bond acceptors (Lipinski definition) is 0. The Bertz CT molecular complexity index is 3620. The quantitative estimate of drug-likeness (QED) is 0.198. The zero-order chi connectivity index (χ0) is 49.1. The lowest BCUT2D eigenvalue weighted by molar-refractivity contribution is 1.64. The topological polar surface area (TPSA) is 0 Å². The normalized spacial score (nSPS) is 20.6. The number of benzene rings is 8. The van der Waals surface area contributed by atoms with E-state index < -0.39 is 234 Å². The van der Waals surface area contributed by atoms with Gasteiger partial charge in [0.2, 0.25) is 0 Å². The van der Waals surface area contributed by atoms with Gasteiger partial charge < -0.3 is 0 Å². The molecule has 0 bridgehead atoms. The molecule has 0 atom stereocenters. The first-order valence-corrected chi connectivity index (χ1v) is 11.8. The first-order chi connectivity index (χ1) is 30.7. The Labute approximate surface area is 270 Å². The number of hydrogen-bond donors (Lipinski definition) is 0. The van der Waals surface area contributed by atoms with Gasteiger partial charge in [-0.1, -0.05) is 139 Å². The van der Waals surface area contributed by atoms with E-state index in [1.54, 1.807) is 0 Å². The van der Waals surface area contributed by atoms with Crippen molar-refractivity contribution in [2.45, 2.75) is 0 Å². The Morgan fingerprint density at radius 1 is 0.275 bits per heavy atom. The summed E-state index contributed by atoms with van der Waals surface area (Å²) in [5, 5.41) is -5.58. The standard InChI is InChI=1S/C40H26/c1-2-10-27(11-3-1)32-22-23-37-38(26-32)40(34-21-19-29-13-5-7-15-31(29)25-34)36-17-9-8-16-35(36)39(37)33-20-18-28-12-4-6-14-30(28)24-33/h1-26H/i1D,2D,3D,4D,5D,6D,7D,8D,9D,10D,11D,12D,13D,14D,15D,16D,17D,18D,19D,20D,21D,22D,23D,24D,25D,26D. The zero-order valence-electron chi connectivity index (χ0n) is 46.0. The molecule has 40 heavy (non-hydrogen) atoms. The Morgan fingerprint density at radius 2 is 0.725 bits per heavy atom. The largest absolute Gasteiger partial charge is 0.0636 e. The van der Waals surface area contributed by atoms with E-state index in [-0.39, 0.29) is 0 Å². The first kappa shape index (κ1) is 8.65. The van der Waals surface area contributed by atoms with E-state index >= 15 is 0 Å². The van der Waals surface area contributed by atoms with Gasteiger partial charge in [0.1, 0.15) is 0 Å². The SMILES string of the molecule is [2H]c1c([2H])c([2H])c(-c2c([2H])c([2H])c3c(-c4c([2H])c([2H])c5c([2H])c([2H])c([2H])c([2H])c5c4[2H])c4c([2H])c([2H])c([2H])c([2H])c4c(-c4c([2H])c([2H])c5c([2H])c([2H])c([2H])c([2H])c5c4[2H])c3c2[2H])c([2H])c1[2H]. The summed E-state index contributed by atoms with van der Waals surface area (Å²) in [6.07, 6.45) is 0. The lowest BCUT2D eigenvalue weighted by atomic mass is 9.84. The predicted molar refractivity (Wildman–Crippen MR) is 173 cm³/mol. The maximum atomic E-state index is 9.88. The molecule has 0 radical (unpaired) electrons. The summed E-state index contributed by atoms with van der Waals surface area (Å²) in [4.78, 5) is 0. The first-order valence-electron chi connectivity index (χ1n) is 24.8. The maximum absolute atomic E-state index is 9.88. The molecule has 8 aromatic carbocycles. The van der Waals surface area contributed by atoms with Crippen molar-refractivity contribution in [1.82, 2.24) is 0 Å². The number of rotatable bonds is 3. The van der Waals surface area contributed by atoms with Crippen LogP contribution in [-0.4, -0.2) is 0 Å². The minimum atomic E-state index is -1.07. The van der Waals surface area contributed by atoms with Crippen molar-refractivity contribution in [3.63, 3.8) is 0 Å². The van der Waals surface area contributed by atoms with E-state index in [4.69, 9.17) is 23.3 Å². The molecule has 0 heteroatoms. The summed E-state index contributed by atoms with van der Waals surface area (Å²) < 4.78 is 231. The molecule has 0 spiro atoms. The second kappa shape index (κ2) is 9.22. The van der Waals surface area contributed by atoms with Gasteiger partial charge in [0.25, 0.3) is 0 Å². The molecule has 186 valence electrons. The van der Waals surface area contributed by atoms with Gasteiger partial charge in [-0.15, -0.1) is 0 Å². The molecule has 8 aromatic rings. The van der Waals surface area contributed by atoms with Crippen molar-refractivity contribution in [3.8, 4) is 33.4 Å². The van der Waals surface area contributed by atoms with Crippen LogP contribution in [0.4, 0.5) is 0 Å². The molecule has 0 N–H and O–H groups in total. The van der Waals surface area contributed by atoms with Gasteiger partial charge in [-0.2, -0.15) is 0 Å². The zero-order valence-corrected chi connectivity index (χ0v) is 20.0. The minimum Gasteiger partial charge on any atom is -0.0622 e. The average molecular weight is 533 g/mol. The van der Waals surface area contributed by atoms with Crippen LogP contribution in [0.5, 0.6) is 0 Å². The van der Waals surface area contributed by atoms with Crippen LogP contribution in [0.25, 0.3) is 76.5 Å². The summed E-state index contributed by atoms with van der Waals surface area (Å²) in [6, 6.07) is -24.4. The average Bonchev–Trinajstić information content (AvgIpc) is 3.28. The van der Waals surface area contributed by atoms with Gasteiger partial charge in [0.05, 0.1) is 35.6 Å². The summed E-state index contributed by atoms with van der Waals surface area (Å²) >= 11 is 0. The molecule has 0 aromatic heterocycles. The van der Waals surface area contributed by atoms with Crippen LogP contribution in [0.15, 0.2) is 157 Å². The minimum absolute atomic E-state index is 0.592. The van der Waals surface area contributed by atoms with Gasteiger partial charge in [-0.05, 0) is 94.6 Å². The van der Waals surface area contributed by atoms with Crippen molar-refractivity contribution in [3.05, 3.63) is 157 Å². The van der Waals surface area contributed by atoms with E-state index in [2.05, 4.69) is 0 Å². The Kier molecular flexibility index (Phi) is 1.99. The van der Waals surface area contributed by atoms with Crippen LogP contribution >= 0.6 is 0 Å². The molecule has 0 saturated carbocycles. The van der Waals surface area contributed by atoms with Gasteiger partial charge in [0, 0.05) is 0 Å². The maximum Gasteiger partial charge on any atom is 0.0636 e. The van der Waals surface area contributed by atoms with Crippen LogP contribution in [0.3, 0.4) is 0 Å². The van der Waals surface area contributed by atoms with E-state index in [0.29, 0.717) is 0 Å². The monoisotopic (exact) mass is 532 g/mol. The molecule has 0 aliphatic carbocycles. The molecule has 8 rings (SSSR count). The molecule has 0 amide bonds. The molecular weight excluding hydrogens is 480 g/mol. The van der Waals surface area contributed by atoms with Crippen molar-refractivity contribution in [2.75, 3.05) is 0 Å². The molecule has 0 aliphatic heterocycles. The highest BCUT2D eigenvalue weighted by Crippen LogP contribution is 2.45. The molecule has 0 unspecified atom stereocenters. The highest BCUT2D eigenvalue weighted by atomic mass is 14.2. The second-order valence-electron chi connectivity index (χ2n) is 8.50. The molecule has 0 heterocycles. The third-order valence-corrected chi connectivity index (χ3v) is 6.25. The Morgan fingerprint density at radius 3 is 1.32 bits per heavy atom. The van der Waals surface area contributed by atoms with Gasteiger partial charge in [-0.25, -0.2) is 0 Å². The highest BCUT2D eigenvalue weighted by molar-refractivity contribution is 6.22. The highest BCUT2D eigenvalue weighted by Gasteiger charge is 2.18. The fourth-order valence-corrected chi connectivity index (χ4v) is 4.53. The van der Waals surface area contributed by atoms with Gasteiger partial charge >= 0.3 is 0 Å². The molecule has 0 aliphatic rings. The molecular formula is C40H26. The summed E-state index contributed by atoms with van der Waals surface area (Å²) in [5.74, 6) is 0.